The van der Waals surface area contributed by atoms with Gasteiger partial charge in [-0.15, -0.1) is 10.2 Å². The molecule has 0 saturated heterocycles. The number of hydrogen-bond donors (Lipinski definition) is 1. The number of rotatable bonds is 4. The van der Waals surface area contributed by atoms with E-state index in [1.54, 1.807) is 20.8 Å². The summed E-state index contributed by atoms with van der Waals surface area (Å²) in [6.07, 6.45) is -5.37. The molecule has 0 atom stereocenters. The molecular formula is C14H19F3N4O4. The molecule has 0 unspecified atom stereocenters. The van der Waals surface area contributed by atoms with Gasteiger partial charge in [0.1, 0.15) is 12.1 Å². The Morgan fingerprint density at radius 1 is 1.24 bits per heavy atom. The summed E-state index contributed by atoms with van der Waals surface area (Å²) >= 11 is 0. The summed E-state index contributed by atoms with van der Waals surface area (Å²) in [6, 6.07) is 1.08. The minimum absolute atomic E-state index is 0.175. The highest BCUT2D eigenvalue weighted by Crippen LogP contribution is 2.25. The number of anilines is 2. The molecule has 1 heterocycles. The predicted molar refractivity (Wildman–Crippen MR) is 82.6 cm³/mol. The summed E-state index contributed by atoms with van der Waals surface area (Å²) in [4.78, 5) is 24.2. The van der Waals surface area contributed by atoms with Crippen LogP contribution in [0.25, 0.3) is 0 Å². The van der Waals surface area contributed by atoms with E-state index in [1.807, 2.05) is 0 Å². The second kappa shape index (κ2) is 7.53. The molecule has 0 aromatic carbocycles. The highest BCUT2D eigenvalue weighted by atomic mass is 19.4. The van der Waals surface area contributed by atoms with Gasteiger partial charge in [-0.1, -0.05) is 0 Å². The third-order valence-corrected chi connectivity index (χ3v) is 2.61. The van der Waals surface area contributed by atoms with Crippen molar-refractivity contribution in [2.75, 3.05) is 30.9 Å². The molecule has 1 N–H and O–H groups in total. The van der Waals surface area contributed by atoms with E-state index in [0.717, 1.165) is 25.1 Å². The van der Waals surface area contributed by atoms with Crippen LogP contribution >= 0.6 is 0 Å². The van der Waals surface area contributed by atoms with Gasteiger partial charge >= 0.3 is 18.2 Å². The van der Waals surface area contributed by atoms with E-state index in [9.17, 15) is 22.8 Å². The van der Waals surface area contributed by atoms with Crippen molar-refractivity contribution in [1.29, 1.82) is 0 Å². The Bertz CT molecular complexity index is 644. The fourth-order valence-corrected chi connectivity index (χ4v) is 1.74. The average molecular weight is 364 g/mol. The van der Waals surface area contributed by atoms with Crippen LogP contribution in [0.1, 0.15) is 31.3 Å². The largest absolute Gasteiger partial charge is 0.464 e. The van der Waals surface area contributed by atoms with Crippen molar-refractivity contribution in [3.05, 3.63) is 11.8 Å². The van der Waals surface area contributed by atoms with Gasteiger partial charge in [-0.25, -0.2) is 9.59 Å². The molecule has 1 rings (SSSR count). The molecule has 0 bridgehead atoms. The number of nitrogens with one attached hydrogen (secondary N) is 1. The van der Waals surface area contributed by atoms with Crippen molar-refractivity contribution in [3.63, 3.8) is 0 Å². The van der Waals surface area contributed by atoms with E-state index < -0.39 is 36.1 Å². The quantitative estimate of drug-likeness (QED) is 0.821. The number of methoxy groups -OCH3 is 1. The molecule has 0 aliphatic carbocycles. The lowest BCUT2D eigenvalue weighted by atomic mass is 10.2. The van der Waals surface area contributed by atoms with Gasteiger partial charge in [-0.3, -0.25) is 5.32 Å². The maximum atomic E-state index is 12.6. The number of carbonyl (C=O) groups excluding carboxylic acids is 2. The summed E-state index contributed by atoms with van der Waals surface area (Å²) < 4.78 is 47.4. The van der Waals surface area contributed by atoms with E-state index in [0.29, 0.717) is 0 Å². The van der Waals surface area contributed by atoms with Gasteiger partial charge in [0, 0.05) is 13.1 Å². The SMILES string of the molecule is COC(=O)c1nnc(NC(=O)OC(C)(C)C)cc1N(C)CC(F)(F)F. The van der Waals surface area contributed by atoms with Gasteiger partial charge in [-0.2, -0.15) is 13.2 Å². The molecule has 11 heteroatoms. The lowest BCUT2D eigenvalue weighted by Gasteiger charge is -2.23. The zero-order valence-electron chi connectivity index (χ0n) is 14.4. The van der Waals surface area contributed by atoms with Crippen LogP contribution in [-0.4, -0.2) is 54.7 Å². The lowest BCUT2D eigenvalue weighted by Crippen LogP contribution is -2.33. The van der Waals surface area contributed by atoms with Crippen LogP contribution in [0.3, 0.4) is 0 Å². The van der Waals surface area contributed by atoms with Crippen LogP contribution < -0.4 is 10.2 Å². The minimum atomic E-state index is -4.51. The molecule has 1 aromatic heterocycles. The molecule has 8 nitrogen and oxygen atoms in total. The predicted octanol–water partition coefficient (Wildman–Crippen LogP) is 2.61. The molecule has 0 fully saturated rings. The highest BCUT2D eigenvalue weighted by molar-refractivity contribution is 5.94. The summed E-state index contributed by atoms with van der Waals surface area (Å²) in [6.45, 7) is 3.58. The van der Waals surface area contributed by atoms with Gasteiger partial charge in [0.2, 0.25) is 0 Å². The number of nitrogens with zero attached hydrogens (tertiary/aromatic N) is 3. The first-order valence-electron chi connectivity index (χ1n) is 7.06. The molecule has 0 aliphatic heterocycles. The molecule has 0 aliphatic rings. The van der Waals surface area contributed by atoms with Crippen LogP contribution in [0.5, 0.6) is 0 Å². The maximum absolute atomic E-state index is 12.6. The Hall–Kier alpha value is -2.59. The summed E-state index contributed by atoms with van der Waals surface area (Å²) in [5, 5.41) is 9.38. The minimum Gasteiger partial charge on any atom is -0.464 e. The van der Waals surface area contributed by atoms with Gasteiger partial charge < -0.3 is 14.4 Å². The third-order valence-electron chi connectivity index (χ3n) is 2.61. The van der Waals surface area contributed by atoms with Crippen molar-refractivity contribution >= 4 is 23.6 Å². The first-order chi connectivity index (χ1) is 11.3. The van der Waals surface area contributed by atoms with Gasteiger partial charge in [0.05, 0.1) is 12.8 Å². The zero-order valence-corrected chi connectivity index (χ0v) is 14.4. The first-order valence-corrected chi connectivity index (χ1v) is 7.06. The van der Waals surface area contributed by atoms with Crippen LogP contribution in [0.4, 0.5) is 29.5 Å². The maximum Gasteiger partial charge on any atom is 0.413 e. The van der Waals surface area contributed by atoms with Crippen molar-refractivity contribution in [3.8, 4) is 0 Å². The first kappa shape index (κ1) is 20.5. The number of carbonyl (C=O) groups is 2. The van der Waals surface area contributed by atoms with E-state index in [4.69, 9.17) is 4.74 Å². The molecule has 25 heavy (non-hydrogen) atoms. The van der Waals surface area contributed by atoms with Crippen LogP contribution in [0.15, 0.2) is 6.07 Å². The second-order valence-electron chi connectivity index (χ2n) is 6.05. The van der Waals surface area contributed by atoms with Crippen LogP contribution in [0.2, 0.25) is 0 Å². The smallest absolute Gasteiger partial charge is 0.413 e. The Morgan fingerprint density at radius 2 is 1.84 bits per heavy atom. The molecule has 1 amide bonds. The standard InChI is InChI=1S/C14H19F3N4O4/c1-13(2,3)25-12(23)18-9-6-8(21(4)7-14(15,16)17)10(20-19-9)11(22)24-5/h6H,7H2,1-5H3,(H,18,19,23). The third kappa shape index (κ3) is 6.81. The zero-order chi connectivity index (χ0) is 19.4. The number of hydrogen-bond acceptors (Lipinski definition) is 7. The molecule has 1 aromatic rings. The lowest BCUT2D eigenvalue weighted by molar-refractivity contribution is -0.119. The summed E-state index contributed by atoms with van der Waals surface area (Å²) in [5.41, 5.74) is -1.39. The fraction of sp³-hybridized carbons (Fsp3) is 0.571. The number of ether oxygens (including phenoxy) is 2. The van der Waals surface area contributed by atoms with Crippen LogP contribution in [-0.2, 0) is 9.47 Å². The monoisotopic (exact) mass is 364 g/mol. The van der Waals surface area contributed by atoms with E-state index >= 15 is 0 Å². The Morgan fingerprint density at radius 3 is 2.32 bits per heavy atom. The topological polar surface area (TPSA) is 93.7 Å². The Labute approximate surface area is 142 Å². The van der Waals surface area contributed by atoms with Crippen molar-refractivity contribution in [2.45, 2.75) is 32.5 Å². The van der Waals surface area contributed by atoms with Gasteiger partial charge in [0.25, 0.3) is 0 Å². The molecule has 0 radical (unpaired) electrons. The normalized spacial score (nSPS) is 11.7. The van der Waals surface area contributed by atoms with Crippen molar-refractivity contribution < 1.29 is 32.2 Å². The molecule has 0 spiro atoms. The van der Waals surface area contributed by atoms with E-state index in [-0.39, 0.29) is 11.5 Å². The van der Waals surface area contributed by atoms with Gasteiger partial charge in [-0.05, 0) is 20.8 Å². The molecule has 140 valence electrons. The Kier molecular flexibility index (Phi) is 6.16. The van der Waals surface area contributed by atoms with Crippen molar-refractivity contribution in [2.24, 2.45) is 0 Å². The van der Waals surface area contributed by atoms with Crippen LogP contribution in [0, 0.1) is 0 Å². The van der Waals surface area contributed by atoms with Crippen molar-refractivity contribution in [1.82, 2.24) is 10.2 Å². The number of alkyl halides is 3. The van der Waals surface area contributed by atoms with E-state index in [2.05, 4.69) is 20.3 Å². The number of halogens is 3. The average Bonchev–Trinajstić information content (AvgIpc) is 2.42. The van der Waals surface area contributed by atoms with Gasteiger partial charge in [0.15, 0.2) is 11.5 Å². The summed E-state index contributed by atoms with van der Waals surface area (Å²) in [5.74, 6) is -1.13. The molecule has 0 saturated carbocycles. The second-order valence-corrected chi connectivity index (χ2v) is 6.05. The summed E-state index contributed by atoms with van der Waals surface area (Å²) in [7, 11) is 2.18. The Balaban J connectivity index is 3.13. The number of aromatic nitrogens is 2. The molecular weight excluding hydrogens is 345 g/mol. The number of amides is 1. The number of esters is 1. The fourth-order valence-electron chi connectivity index (χ4n) is 1.74. The highest BCUT2D eigenvalue weighted by Gasteiger charge is 2.31. The van der Waals surface area contributed by atoms with E-state index in [1.165, 1.54) is 0 Å².